The first-order chi connectivity index (χ1) is 7.26. The van der Waals surface area contributed by atoms with E-state index in [1.807, 2.05) is 12.1 Å². The van der Waals surface area contributed by atoms with Gasteiger partial charge in [0, 0.05) is 34.1 Å². The van der Waals surface area contributed by atoms with Crippen molar-refractivity contribution in [2.45, 2.75) is 6.42 Å². The molecular formula is C11H10BrNO2. The van der Waals surface area contributed by atoms with E-state index in [2.05, 4.69) is 32.0 Å². The molecule has 0 atom stereocenters. The number of nitrogens with one attached hydrogen (secondary N) is 1. The van der Waals surface area contributed by atoms with Crippen molar-refractivity contribution < 1.29 is 9.90 Å². The number of carbonyl (C=O) groups excluding carboxylic acids is 1. The maximum absolute atomic E-state index is 11.1. The molecule has 0 spiro atoms. The van der Waals surface area contributed by atoms with E-state index in [0.29, 0.717) is 12.1 Å². The molecule has 1 amide bonds. The van der Waals surface area contributed by atoms with E-state index in [1.165, 1.54) is 0 Å². The number of amides is 1. The zero-order valence-corrected chi connectivity index (χ0v) is 9.54. The number of benzene rings is 1. The summed E-state index contributed by atoms with van der Waals surface area (Å²) in [7, 11) is 0. The summed E-state index contributed by atoms with van der Waals surface area (Å²) >= 11 is 2.85. The van der Waals surface area contributed by atoms with Gasteiger partial charge in [0.25, 0.3) is 0 Å². The van der Waals surface area contributed by atoms with Gasteiger partial charge >= 0.3 is 5.91 Å². The summed E-state index contributed by atoms with van der Waals surface area (Å²) in [6.07, 6.45) is 0.620. The van der Waals surface area contributed by atoms with Gasteiger partial charge in [-0.25, -0.2) is 0 Å². The van der Waals surface area contributed by atoms with Crippen molar-refractivity contribution in [3.8, 4) is 10.8 Å². The van der Waals surface area contributed by atoms with Gasteiger partial charge in [-0.05, 0) is 28.9 Å². The van der Waals surface area contributed by atoms with E-state index in [4.69, 9.17) is 5.11 Å². The fourth-order valence-electron chi connectivity index (χ4n) is 1.09. The maximum atomic E-state index is 11.1. The molecule has 1 aromatic carbocycles. The van der Waals surface area contributed by atoms with Crippen LogP contribution in [0.15, 0.2) is 24.3 Å². The van der Waals surface area contributed by atoms with Crippen molar-refractivity contribution in [2.24, 2.45) is 0 Å². The number of halogens is 1. The summed E-state index contributed by atoms with van der Waals surface area (Å²) in [6.45, 7) is 0.126. The highest BCUT2D eigenvalue weighted by Gasteiger charge is 1.97. The fourth-order valence-corrected chi connectivity index (χ4v) is 1.27. The Balaban J connectivity index is 2.62. The van der Waals surface area contributed by atoms with E-state index in [0.717, 1.165) is 5.56 Å². The van der Waals surface area contributed by atoms with E-state index >= 15 is 0 Å². The molecule has 3 nitrogen and oxygen atoms in total. The molecule has 0 radical (unpaired) electrons. The molecule has 4 heteroatoms. The largest absolute Gasteiger partial charge is 0.396 e. The molecule has 0 bridgehead atoms. The van der Waals surface area contributed by atoms with Crippen LogP contribution in [0, 0.1) is 10.8 Å². The van der Waals surface area contributed by atoms with Crippen LogP contribution in [0.4, 0.5) is 5.69 Å². The number of aliphatic hydroxyl groups is 1. The number of anilines is 1. The van der Waals surface area contributed by atoms with Crippen molar-refractivity contribution >= 4 is 27.5 Å². The summed E-state index contributed by atoms with van der Waals surface area (Å²) in [5, 5.41) is 11.3. The third-order valence-corrected chi connectivity index (χ3v) is 1.97. The fraction of sp³-hybridized carbons (Fsp3) is 0.182. The van der Waals surface area contributed by atoms with Crippen molar-refractivity contribution in [1.29, 1.82) is 0 Å². The Bertz CT molecular complexity index is 389. The molecule has 0 saturated carbocycles. The van der Waals surface area contributed by atoms with Crippen LogP contribution in [0.1, 0.15) is 5.56 Å². The summed E-state index contributed by atoms with van der Waals surface area (Å²) in [5.41, 5.74) is 1.72. The van der Waals surface area contributed by atoms with Gasteiger partial charge in [-0.15, -0.1) is 0 Å². The van der Waals surface area contributed by atoms with Crippen LogP contribution >= 0.6 is 15.9 Å². The van der Waals surface area contributed by atoms with Crippen LogP contribution in [-0.4, -0.2) is 17.6 Å². The standard InChI is InChI=1S/C11H10BrNO2/c12-7-5-11(15)13-10-3-1-9(2-4-10)6-8-14/h1-4,14H,6,8H2,(H,13,15). The molecule has 0 heterocycles. The van der Waals surface area contributed by atoms with Gasteiger partial charge in [0.15, 0.2) is 0 Å². The lowest BCUT2D eigenvalue weighted by molar-refractivity contribution is -0.111. The summed E-state index contributed by atoms with van der Waals surface area (Å²) in [6, 6.07) is 7.26. The first-order valence-corrected chi connectivity index (χ1v) is 5.18. The number of hydrogen-bond donors (Lipinski definition) is 2. The summed E-state index contributed by atoms with van der Waals surface area (Å²) in [4.78, 5) is 13.4. The van der Waals surface area contributed by atoms with Crippen LogP contribution in [-0.2, 0) is 11.2 Å². The molecular weight excluding hydrogens is 258 g/mol. The second-order valence-electron chi connectivity index (χ2n) is 2.84. The van der Waals surface area contributed by atoms with Gasteiger partial charge in [-0.3, -0.25) is 4.79 Å². The van der Waals surface area contributed by atoms with E-state index < -0.39 is 0 Å². The van der Waals surface area contributed by atoms with Gasteiger partial charge in [0.2, 0.25) is 0 Å². The molecule has 0 saturated heterocycles. The smallest absolute Gasteiger partial charge is 0.301 e. The van der Waals surface area contributed by atoms with Crippen molar-refractivity contribution in [3.63, 3.8) is 0 Å². The Morgan fingerprint density at radius 2 is 2.07 bits per heavy atom. The average molecular weight is 268 g/mol. The highest BCUT2D eigenvalue weighted by molar-refractivity contribution is 9.12. The Kier molecular flexibility index (Phi) is 4.88. The molecule has 1 aromatic rings. The lowest BCUT2D eigenvalue weighted by atomic mass is 10.1. The van der Waals surface area contributed by atoms with Crippen LogP contribution < -0.4 is 5.32 Å². The van der Waals surface area contributed by atoms with Crippen molar-refractivity contribution in [2.75, 3.05) is 11.9 Å². The Hall–Kier alpha value is -1.31. The molecule has 15 heavy (non-hydrogen) atoms. The van der Waals surface area contributed by atoms with Gasteiger partial charge in [0.05, 0.1) is 0 Å². The van der Waals surface area contributed by atoms with Crippen molar-refractivity contribution in [3.05, 3.63) is 29.8 Å². The van der Waals surface area contributed by atoms with Gasteiger partial charge in [0.1, 0.15) is 0 Å². The van der Waals surface area contributed by atoms with E-state index in [9.17, 15) is 4.79 Å². The van der Waals surface area contributed by atoms with Crippen molar-refractivity contribution in [1.82, 2.24) is 0 Å². The molecule has 0 aliphatic rings. The predicted octanol–water partition coefficient (Wildman–Crippen LogP) is 1.52. The quantitative estimate of drug-likeness (QED) is 0.816. The Morgan fingerprint density at radius 3 is 2.60 bits per heavy atom. The molecule has 0 aliphatic heterocycles. The third-order valence-electron chi connectivity index (χ3n) is 1.77. The third kappa shape index (κ3) is 4.15. The zero-order valence-electron chi connectivity index (χ0n) is 7.96. The second kappa shape index (κ2) is 6.23. The summed E-state index contributed by atoms with van der Waals surface area (Å²) in [5.74, 6) is 1.95. The van der Waals surface area contributed by atoms with Crippen LogP contribution in [0.3, 0.4) is 0 Å². The van der Waals surface area contributed by atoms with Crippen LogP contribution in [0.2, 0.25) is 0 Å². The minimum atomic E-state index is -0.359. The minimum Gasteiger partial charge on any atom is -0.396 e. The van der Waals surface area contributed by atoms with Gasteiger partial charge in [-0.2, -0.15) is 0 Å². The monoisotopic (exact) mass is 267 g/mol. The first kappa shape index (κ1) is 11.8. The molecule has 2 N–H and O–H groups in total. The molecule has 78 valence electrons. The Labute approximate surface area is 96.6 Å². The zero-order chi connectivity index (χ0) is 11.1. The lowest BCUT2D eigenvalue weighted by Crippen LogP contribution is -2.08. The van der Waals surface area contributed by atoms with E-state index in [-0.39, 0.29) is 12.5 Å². The van der Waals surface area contributed by atoms with Crippen LogP contribution in [0.5, 0.6) is 0 Å². The SMILES string of the molecule is O=C(C#CBr)Nc1ccc(CCO)cc1. The van der Waals surface area contributed by atoms with Gasteiger partial charge < -0.3 is 10.4 Å². The predicted molar refractivity (Wildman–Crippen MR) is 62.6 cm³/mol. The molecule has 0 unspecified atom stereocenters. The number of carbonyl (C=O) groups is 1. The molecule has 0 aromatic heterocycles. The highest BCUT2D eigenvalue weighted by atomic mass is 79.9. The highest BCUT2D eigenvalue weighted by Crippen LogP contribution is 2.09. The molecule has 0 fully saturated rings. The van der Waals surface area contributed by atoms with E-state index in [1.54, 1.807) is 12.1 Å². The molecule has 1 rings (SSSR count). The Morgan fingerprint density at radius 1 is 1.40 bits per heavy atom. The molecule has 0 aliphatic carbocycles. The average Bonchev–Trinajstić information content (AvgIpc) is 2.22. The van der Waals surface area contributed by atoms with Gasteiger partial charge in [-0.1, -0.05) is 12.1 Å². The maximum Gasteiger partial charge on any atom is 0.301 e. The normalized spacial score (nSPS) is 8.93. The lowest BCUT2D eigenvalue weighted by Gasteiger charge is -2.02. The summed E-state index contributed by atoms with van der Waals surface area (Å²) < 4.78 is 0. The van der Waals surface area contributed by atoms with Crippen LogP contribution in [0.25, 0.3) is 0 Å². The topological polar surface area (TPSA) is 49.3 Å². The number of rotatable bonds is 3. The second-order valence-corrected chi connectivity index (χ2v) is 3.24. The first-order valence-electron chi connectivity index (χ1n) is 4.38. The number of hydrogen-bond acceptors (Lipinski definition) is 2. The minimum absolute atomic E-state index is 0.126. The number of aliphatic hydroxyl groups excluding tert-OH is 1.